The van der Waals surface area contributed by atoms with E-state index >= 15 is 0 Å². The molecule has 0 amide bonds. The summed E-state index contributed by atoms with van der Waals surface area (Å²) in [7, 11) is 0. The molecule has 110 valence electrons. The van der Waals surface area contributed by atoms with Gasteiger partial charge in [0.1, 0.15) is 0 Å². The number of likely N-dealkylation sites (tertiary alicyclic amines) is 1. The van der Waals surface area contributed by atoms with Crippen LogP contribution in [-0.2, 0) is 4.79 Å². The van der Waals surface area contributed by atoms with Gasteiger partial charge in [0.25, 0.3) is 0 Å². The summed E-state index contributed by atoms with van der Waals surface area (Å²) >= 11 is 0. The Morgan fingerprint density at radius 3 is 2.48 bits per heavy atom. The second kappa shape index (κ2) is 6.27. The van der Waals surface area contributed by atoms with Crippen molar-refractivity contribution in [1.29, 1.82) is 0 Å². The summed E-state index contributed by atoms with van der Waals surface area (Å²) in [4.78, 5) is 13.6. The number of hydrogen-bond donors (Lipinski definition) is 1. The van der Waals surface area contributed by atoms with Crippen molar-refractivity contribution in [1.82, 2.24) is 4.90 Å². The molecule has 3 rings (SSSR count). The maximum Gasteiger partial charge on any atom is 0.305 e. The van der Waals surface area contributed by atoms with Crippen LogP contribution in [0.5, 0.6) is 0 Å². The van der Waals surface area contributed by atoms with Crippen LogP contribution in [0, 0.1) is 0 Å². The third-order valence-electron chi connectivity index (χ3n) is 4.36. The van der Waals surface area contributed by atoms with E-state index in [1.54, 1.807) is 0 Å². The zero-order chi connectivity index (χ0) is 14.7. The molecule has 1 unspecified atom stereocenters. The predicted molar refractivity (Wildman–Crippen MR) is 84.4 cm³/mol. The maximum absolute atomic E-state index is 11.3. The lowest BCUT2D eigenvalue weighted by atomic mass is 9.96. The Labute approximate surface area is 125 Å². The zero-order valence-corrected chi connectivity index (χ0v) is 12.2. The molecule has 2 aromatic carbocycles. The van der Waals surface area contributed by atoms with Crippen LogP contribution in [0.1, 0.15) is 37.3 Å². The van der Waals surface area contributed by atoms with Gasteiger partial charge in [-0.15, -0.1) is 0 Å². The van der Waals surface area contributed by atoms with E-state index in [-0.39, 0.29) is 12.5 Å². The van der Waals surface area contributed by atoms with E-state index in [1.807, 2.05) is 12.1 Å². The van der Waals surface area contributed by atoms with E-state index in [4.69, 9.17) is 0 Å². The number of benzene rings is 2. The highest BCUT2D eigenvalue weighted by molar-refractivity contribution is 5.83. The third kappa shape index (κ3) is 3.24. The number of aliphatic carboxylic acids is 1. The fourth-order valence-corrected chi connectivity index (χ4v) is 3.27. The second-order valence-corrected chi connectivity index (χ2v) is 5.82. The molecule has 1 N–H and O–H groups in total. The molecule has 1 atom stereocenters. The van der Waals surface area contributed by atoms with Gasteiger partial charge in [0, 0.05) is 6.04 Å². The standard InChI is InChI=1S/C18H21NO2/c20-18(21)13-17(19-10-4-1-5-11-19)16-9-8-14-6-2-3-7-15(14)12-16/h2-3,6-9,12,17H,1,4-5,10-11,13H2,(H,20,21). The van der Waals surface area contributed by atoms with Gasteiger partial charge < -0.3 is 5.11 Å². The van der Waals surface area contributed by atoms with E-state index < -0.39 is 5.97 Å². The summed E-state index contributed by atoms with van der Waals surface area (Å²) in [5.74, 6) is -0.723. The monoisotopic (exact) mass is 283 g/mol. The van der Waals surface area contributed by atoms with Gasteiger partial charge in [-0.3, -0.25) is 9.69 Å². The highest BCUT2D eigenvalue weighted by Gasteiger charge is 2.24. The molecule has 0 bridgehead atoms. The molecular formula is C18H21NO2. The molecule has 3 nitrogen and oxygen atoms in total. The fourth-order valence-electron chi connectivity index (χ4n) is 3.27. The largest absolute Gasteiger partial charge is 0.481 e. The Morgan fingerprint density at radius 1 is 1.05 bits per heavy atom. The van der Waals surface area contributed by atoms with Gasteiger partial charge >= 0.3 is 5.97 Å². The molecule has 1 heterocycles. The van der Waals surface area contributed by atoms with Gasteiger partial charge in [0.15, 0.2) is 0 Å². The van der Waals surface area contributed by atoms with Crippen LogP contribution < -0.4 is 0 Å². The van der Waals surface area contributed by atoms with Crippen molar-refractivity contribution in [2.45, 2.75) is 31.7 Å². The summed E-state index contributed by atoms with van der Waals surface area (Å²) in [5.41, 5.74) is 1.12. The van der Waals surface area contributed by atoms with Gasteiger partial charge in [0.05, 0.1) is 6.42 Å². The third-order valence-corrected chi connectivity index (χ3v) is 4.36. The molecule has 0 aliphatic carbocycles. The Balaban J connectivity index is 1.94. The Morgan fingerprint density at radius 2 is 1.76 bits per heavy atom. The number of carbonyl (C=O) groups is 1. The quantitative estimate of drug-likeness (QED) is 0.926. The van der Waals surface area contributed by atoms with Crippen molar-refractivity contribution in [3.63, 3.8) is 0 Å². The van der Waals surface area contributed by atoms with Crippen LogP contribution in [-0.4, -0.2) is 29.1 Å². The van der Waals surface area contributed by atoms with Crippen LogP contribution in [0.25, 0.3) is 10.8 Å². The molecule has 1 aliphatic rings. The van der Waals surface area contributed by atoms with Gasteiger partial charge in [-0.05, 0) is 48.3 Å². The van der Waals surface area contributed by atoms with Crippen LogP contribution in [0.15, 0.2) is 42.5 Å². The topological polar surface area (TPSA) is 40.5 Å². The average molecular weight is 283 g/mol. The Hall–Kier alpha value is -1.87. The highest BCUT2D eigenvalue weighted by atomic mass is 16.4. The zero-order valence-electron chi connectivity index (χ0n) is 12.2. The number of piperidine rings is 1. The summed E-state index contributed by atoms with van der Waals surface area (Å²) in [6, 6.07) is 14.6. The number of fused-ring (bicyclic) bond motifs is 1. The van der Waals surface area contributed by atoms with Gasteiger partial charge in [0.2, 0.25) is 0 Å². The minimum Gasteiger partial charge on any atom is -0.481 e. The SMILES string of the molecule is O=C(O)CC(c1ccc2ccccc2c1)N1CCCCC1. The van der Waals surface area contributed by atoms with E-state index in [1.165, 1.54) is 30.0 Å². The first-order valence-corrected chi connectivity index (χ1v) is 7.68. The van der Waals surface area contributed by atoms with Crippen LogP contribution >= 0.6 is 0 Å². The van der Waals surface area contributed by atoms with Crippen molar-refractivity contribution >= 4 is 16.7 Å². The predicted octanol–water partition coefficient (Wildman–Crippen LogP) is 3.84. The van der Waals surface area contributed by atoms with Crippen LogP contribution in [0.3, 0.4) is 0 Å². The summed E-state index contributed by atoms with van der Waals surface area (Å²) < 4.78 is 0. The lowest BCUT2D eigenvalue weighted by Gasteiger charge is -2.34. The molecule has 0 aromatic heterocycles. The van der Waals surface area contributed by atoms with Crippen molar-refractivity contribution in [2.75, 3.05) is 13.1 Å². The highest BCUT2D eigenvalue weighted by Crippen LogP contribution is 2.29. The van der Waals surface area contributed by atoms with Crippen molar-refractivity contribution in [2.24, 2.45) is 0 Å². The Bertz CT molecular complexity index is 632. The lowest BCUT2D eigenvalue weighted by molar-refractivity contribution is -0.138. The number of carboxylic acid groups (broad SMARTS) is 1. The first kappa shape index (κ1) is 14.1. The summed E-state index contributed by atoms with van der Waals surface area (Å²) in [6.07, 6.45) is 3.78. The van der Waals surface area contributed by atoms with Gasteiger partial charge in [-0.2, -0.15) is 0 Å². The van der Waals surface area contributed by atoms with Crippen molar-refractivity contribution in [3.8, 4) is 0 Å². The molecule has 0 spiro atoms. The molecule has 1 fully saturated rings. The minimum absolute atomic E-state index is 0.00703. The number of hydrogen-bond acceptors (Lipinski definition) is 2. The van der Waals surface area contributed by atoms with E-state index in [9.17, 15) is 9.90 Å². The van der Waals surface area contributed by atoms with Gasteiger partial charge in [-0.1, -0.05) is 42.8 Å². The summed E-state index contributed by atoms with van der Waals surface area (Å²) in [6.45, 7) is 2.01. The van der Waals surface area contributed by atoms with E-state index in [0.29, 0.717) is 0 Å². The number of carboxylic acids is 1. The fraction of sp³-hybridized carbons (Fsp3) is 0.389. The van der Waals surface area contributed by atoms with Crippen molar-refractivity contribution < 1.29 is 9.90 Å². The van der Waals surface area contributed by atoms with E-state index in [0.717, 1.165) is 18.7 Å². The molecule has 1 aliphatic heterocycles. The first-order valence-electron chi connectivity index (χ1n) is 7.68. The Kier molecular flexibility index (Phi) is 4.20. The molecule has 1 saturated heterocycles. The molecule has 0 radical (unpaired) electrons. The minimum atomic E-state index is -0.723. The molecular weight excluding hydrogens is 262 g/mol. The van der Waals surface area contributed by atoms with Crippen LogP contribution in [0.4, 0.5) is 0 Å². The first-order chi connectivity index (χ1) is 10.2. The van der Waals surface area contributed by atoms with Crippen molar-refractivity contribution in [3.05, 3.63) is 48.0 Å². The second-order valence-electron chi connectivity index (χ2n) is 5.82. The van der Waals surface area contributed by atoms with Gasteiger partial charge in [-0.25, -0.2) is 0 Å². The molecule has 3 heteroatoms. The number of nitrogens with zero attached hydrogens (tertiary/aromatic N) is 1. The summed E-state index contributed by atoms with van der Waals surface area (Å²) in [5, 5.41) is 11.6. The smallest absolute Gasteiger partial charge is 0.305 e. The maximum atomic E-state index is 11.3. The normalized spacial score (nSPS) is 17.7. The molecule has 2 aromatic rings. The average Bonchev–Trinajstić information content (AvgIpc) is 2.53. The molecule has 0 saturated carbocycles. The lowest BCUT2D eigenvalue weighted by Crippen LogP contribution is -2.34. The van der Waals surface area contributed by atoms with E-state index in [2.05, 4.69) is 35.2 Å². The molecule has 21 heavy (non-hydrogen) atoms. The number of rotatable bonds is 4. The van der Waals surface area contributed by atoms with Crippen LogP contribution in [0.2, 0.25) is 0 Å².